The van der Waals surface area contributed by atoms with Crippen LogP contribution in [0.15, 0.2) is 57.7 Å². The average molecular weight is 366 g/mol. The van der Waals surface area contributed by atoms with E-state index >= 15 is 0 Å². The second kappa shape index (κ2) is 4.86. The van der Waals surface area contributed by atoms with Crippen molar-refractivity contribution in [2.75, 3.05) is 0 Å². The molecule has 4 heteroatoms. The average Bonchev–Trinajstić information content (AvgIpc) is 2.68. The summed E-state index contributed by atoms with van der Waals surface area (Å²) in [6.45, 7) is 0.757. The van der Waals surface area contributed by atoms with E-state index in [1.807, 2.05) is 10.7 Å². The number of hydrogen-bond acceptors (Lipinski definition) is 1. The Labute approximate surface area is 122 Å². The van der Waals surface area contributed by atoms with E-state index in [1.165, 1.54) is 16.3 Å². The molecule has 0 aliphatic rings. The summed E-state index contributed by atoms with van der Waals surface area (Å²) in [7, 11) is 0. The number of nitrogens with zero attached hydrogens (tertiary/aromatic N) is 2. The lowest BCUT2D eigenvalue weighted by Gasteiger charge is -2.07. The molecule has 0 amide bonds. The summed E-state index contributed by atoms with van der Waals surface area (Å²) in [4.78, 5) is 0. The van der Waals surface area contributed by atoms with Gasteiger partial charge in [-0.25, -0.2) is 0 Å². The molecule has 0 bridgehead atoms. The van der Waals surface area contributed by atoms with Crippen molar-refractivity contribution in [2.24, 2.45) is 0 Å². The van der Waals surface area contributed by atoms with Crippen LogP contribution in [-0.4, -0.2) is 9.78 Å². The molecule has 0 N–H and O–H groups in total. The Morgan fingerprint density at radius 3 is 2.56 bits per heavy atom. The first-order valence-electron chi connectivity index (χ1n) is 5.59. The molecule has 3 rings (SSSR count). The first-order valence-corrected chi connectivity index (χ1v) is 7.18. The van der Waals surface area contributed by atoms with Gasteiger partial charge >= 0.3 is 0 Å². The summed E-state index contributed by atoms with van der Waals surface area (Å²) in [5, 5.41) is 6.94. The van der Waals surface area contributed by atoms with Gasteiger partial charge in [-0.1, -0.05) is 42.5 Å². The van der Waals surface area contributed by atoms with E-state index in [1.54, 1.807) is 0 Å². The lowest BCUT2D eigenvalue weighted by atomic mass is 10.0. The molecule has 2 nitrogen and oxygen atoms in total. The minimum absolute atomic E-state index is 0.757. The highest BCUT2D eigenvalue weighted by molar-refractivity contribution is 9.11. The molecule has 0 spiro atoms. The summed E-state index contributed by atoms with van der Waals surface area (Å²) < 4.78 is 3.75. The van der Waals surface area contributed by atoms with Crippen LogP contribution < -0.4 is 0 Å². The third-order valence-corrected chi connectivity index (χ3v) is 3.93. The second-order valence-electron chi connectivity index (χ2n) is 4.09. The Kier molecular flexibility index (Phi) is 3.22. The van der Waals surface area contributed by atoms with Gasteiger partial charge in [0.1, 0.15) is 9.21 Å². The van der Waals surface area contributed by atoms with Gasteiger partial charge in [-0.15, -0.1) is 0 Å². The van der Waals surface area contributed by atoms with E-state index in [2.05, 4.69) is 79.4 Å². The molecule has 0 aliphatic heterocycles. The van der Waals surface area contributed by atoms with Gasteiger partial charge in [0, 0.05) is 6.07 Å². The topological polar surface area (TPSA) is 17.8 Å². The lowest BCUT2D eigenvalue weighted by molar-refractivity contribution is 0.670. The Balaban J connectivity index is 2.07. The first kappa shape index (κ1) is 11.9. The predicted octanol–water partition coefficient (Wildman–Crippen LogP) is 4.61. The van der Waals surface area contributed by atoms with Crippen LogP contribution in [0, 0.1) is 0 Å². The van der Waals surface area contributed by atoms with Crippen LogP contribution in [0.5, 0.6) is 0 Å². The highest BCUT2D eigenvalue weighted by atomic mass is 79.9. The van der Waals surface area contributed by atoms with Gasteiger partial charge in [0.25, 0.3) is 0 Å². The van der Waals surface area contributed by atoms with E-state index in [-0.39, 0.29) is 0 Å². The minimum atomic E-state index is 0.757. The number of benzene rings is 2. The van der Waals surface area contributed by atoms with Crippen LogP contribution in [0.2, 0.25) is 0 Å². The molecule has 0 unspecified atom stereocenters. The molecule has 2 aromatic carbocycles. The Morgan fingerprint density at radius 1 is 1.00 bits per heavy atom. The van der Waals surface area contributed by atoms with Crippen molar-refractivity contribution < 1.29 is 0 Å². The van der Waals surface area contributed by atoms with Gasteiger partial charge in [0.2, 0.25) is 0 Å². The fraction of sp³-hybridized carbons (Fsp3) is 0.0714. The van der Waals surface area contributed by atoms with Crippen molar-refractivity contribution in [1.82, 2.24) is 9.78 Å². The van der Waals surface area contributed by atoms with Gasteiger partial charge < -0.3 is 0 Å². The smallest absolute Gasteiger partial charge is 0.129 e. The molecule has 0 atom stereocenters. The van der Waals surface area contributed by atoms with Crippen molar-refractivity contribution in [3.63, 3.8) is 0 Å². The highest BCUT2D eigenvalue weighted by Crippen LogP contribution is 2.22. The maximum atomic E-state index is 4.40. The van der Waals surface area contributed by atoms with Crippen LogP contribution in [0.3, 0.4) is 0 Å². The Hall–Kier alpha value is -1.13. The van der Waals surface area contributed by atoms with Crippen LogP contribution in [0.25, 0.3) is 10.8 Å². The van der Waals surface area contributed by atoms with E-state index in [0.29, 0.717) is 0 Å². The molecule has 0 aliphatic carbocycles. The number of fused-ring (bicyclic) bond motifs is 1. The standard InChI is InChI=1S/C14H10Br2N2/c15-13-8-14(16)18(17-13)9-11-6-3-5-10-4-1-2-7-12(10)11/h1-8H,9H2. The molecule has 0 saturated carbocycles. The number of hydrogen-bond donors (Lipinski definition) is 0. The van der Waals surface area contributed by atoms with Crippen molar-refractivity contribution in [2.45, 2.75) is 6.54 Å². The molecule has 3 aromatic rings. The quantitative estimate of drug-likeness (QED) is 0.648. The molecular formula is C14H10Br2N2. The van der Waals surface area contributed by atoms with Gasteiger partial charge in [0.15, 0.2) is 0 Å². The summed E-state index contributed by atoms with van der Waals surface area (Å²) in [5.41, 5.74) is 1.27. The summed E-state index contributed by atoms with van der Waals surface area (Å²) in [6.07, 6.45) is 0. The number of halogens is 2. The van der Waals surface area contributed by atoms with E-state index < -0.39 is 0 Å². The molecule has 18 heavy (non-hydrogen) atoms. The first-order chi connectivity index (χ1) is 8.74. The zero-order valence-corrected chi connectivity index (χ0v) is 12.6. The van der Waals surface area contributed by atoms with Crippen LogP contribution in [-0.2, 0) is 6.54 Å². The van der Waals surface area contributed by atoms with Crippen LogP contribution in [0.1, 0.15) is 5.56 Å². The SMILES string of the molecule is Brc1cc(Br)n(Cc2cccc3ccccc23)n1. The number of aromatic nitrogens is 2. The molecule has 0 radical (unpaired) electrons. The van der Waals surface area contributed by atoms with Crippen molar-refractivity contribution in [3.05, 3.63) is 63.3 Å². The molecule has 1 heterocycles. The molecule has 90 valence electrons. The zero-order valence-electron chi connectivity index (χ0n) is 9.48. The van der Waals surface area contributed by atoms with Gasteiger partial charge in [0.05, 0.1) is 6.54 Å². The molecule has 1 aromatic heterocycles. The van der Waals surface area contributed by atoms with Crippen molar-refractivity contribution in [3.8, 4) is 0 Å². The van der Waals surface area contributed by atoms with Crippen molar-refractivity contribution in [1.29, 1.82) is 0 Å². The maximum absolute atomic E-state index is 4.40. The van der Waals surface area contributed by atoms with Crippen LogP contribution in [0.4, 0.5) is 0 Å². The molecular weight excluding hydrogens is 356 g/mol. The normalized spacial score (nSPS) is 11.0. The molecule has 0 saturated heterocycles. The largest absolute Gasteiger partial charge is 0.253 e. The van der Waals surface area contributed by atoms with E-state index in [0.717, 1.165) is 15.8 Å². The maximum Gasteiger partial charge on any atom is 0.129 e. The third-order valence-electron chi connectivity index (χ3n) is 2.90. The van der Waals surface area contributed by atoms with Gasteiger partial charge in [-0.3, -0.25) is 4.68 Å². The second-order valence-corrected chi connectivity index (χ2v) is 5.71. The van der Waals surface area contributed by atoms with Crippen LogP contribution >= 0.6 is 31.9 Å². The van der Waals surface area contributed by atoms with Crippen molar-refractivity contribution >= 4 is 42.6 Å². The fourth-order valence-corrected chi connectivity index (χ4v) is 3.20. The molecule has 0 fully saturated rings. The number of rotatable bonds is 2. The third kappa shape index (κ3) is 2.22. The zero-order chi connectivity index (χ0) is 12.5. The van der Waals surface area contributed by atoms with E-state index in [9.17, 15) is 0 Å². The predicted molar refractivity (Wildman–Crippen MR) is 80.7 cm³/mol. The van der Waals surface area contributed by atoms with Gasteiger partial charge in [-0.2, -0.15) is 5.10 Å². The monoisotopic (exact) mass is 364 g/mol. The van der Waals surface area contributed by atoms with Gasteiger partial charge in [-0.05, 0) is 48.2 Å². The highest BCUT2D eigenvalue weighted by Gasteiger charge is 2.06. The summed E-state index contributed by atoms with van der Waals surface area (Å²) in [5.74, 6) is 0. The summed E-state index contributed by atoms with van der Waals surface area (Å²) >= 11 is 6.89. The lowest BCUT2D eigenvalue weighted by Crippen LogP contribution is -2.02. The van der Waals surface area contributed by atoms with E-state index in [4.69, 9.17) is 0 Å². The fourth-order valence-electron chi connectivity index (χ4n) is 2.07. The Bertz CT molecular complexity index is 699. The summed E-state index contributed by atoms with van der Waals surface area (Å²) in [6, 6.07) is 16.7. The minimum Gasteiger partial charge on any atom is -0.253 e. The Morgan fingerprint density at radius 2 is 1.78 bits per heavy atom.